The van der Waals surface area contributed by atoms with Crippen molar-refractivity contribution in [2.24, 2.45) is 0 Å². The Morgan fingerprint density at radius 3 is 2.58 bits per heavy atom. The van der Waals surface area contributed by atoms with Crippen LogP contribution < -0.4 is 5.63 Å². The summed E-state index contributed by atoms with van der Waals surface area (Å²) in [6.45, 7) is 3.55. The van der Waals surface area contributed by atoms with Crippen molar-refractivity contribution in [1.82, 2.24) is 4.98 Å². The third kappa shape index (κ3) is 3.56. The van der Waals surface area contributed by atoms with Gasteiger partial charge in [-0.1, -0.05) is 12.1 Å². The number of aromatic nitrogens is 1. The lowest BCUT2D eigenvalue weighted by Gasteiger charge is -2.32. The normalized spacial score (nSPS) is 16.7. The Labute approximate surface area is 188 Å². The van der Waals surface area contributed by atoms with E-state index >= 15 is 0 Å². The molecule has 4 aromatic rings. The second-order valence-corrected chi connectivity index (χ2v) is 8.36. The van der Waals surface area contributed by atoms with Crippen molar-refractivity contribution in [3.8, 4) is 0 Å². The fourth-order valence-electron chi connectivity index (χ4n) is 4.89. The molecule has 2 aromatic heterocycles. The molecule has 0 aliphatic heterocycles. The highest BCUT2D eigenvalue weighted by molar-refractivity contribution is 5.82. The summed E-state index contributed by atoms with van der Waals surface area (Å²) in [5.41, 5.74) is 3.81. The van der Waals surface area contributed by atoms with Crippen LogP contribution in [0.25, 0.3) is 16.5 Å². The van der Waals surface area contributed by atoms with Crippen LogP contribution in [0.2, 0.25) is 0 Å². The Kier molecular flexibility index (Phi) is 5.17. The topological polar surface area (TPSA) is 63.3 Å². The molecule has 0 saturated carbocycles. The minimum absolute atomic E-state index is 0.276. The number of aliphatic hydroxyl groups is 1. The SMILES string of the molecule is CC1=C(C(c2ccccn2)c2c(C)c3cc(F)ccc3oc2=O)C(O)Cc2ccc(F)cc21. The first kappa shape index (κ1) is 21.2. The first-order valence-corrected chi connectivity index (χ1v) is 10.7. The van der Waals surface area contributed by atoms with E-state index < -0.39 is 23.5 Å². The Morgan fingerprint density at radius 1 is 1.06 bits per heavy atom. The standard InChI is InChI=1S/C27H21F2NO3/c1-14-19-12-17(28)7-6-16(19)11-22(31)24(14)26(21-5-3-4-10-30-21)25-15(2)20-13-18(29)8-9-23(20)33-27(25)32/h3-10,12-13,22,26,31H,11H2,1-2H3. The van der Waals surface area contributed by atoms with E-state index in [4.69, 9.17) is 4.42 Å². The van der Waals surface area contributed by atoms with E-state index in [9.17, 15) is 18.7 Å². The van der Waals surface area contributed by atoms with Gasteiger partial charge in [0.05, 0.1) is 23.3 Å². The average Bonchev–Trinajstić information content (AvgIpc) is 2.80. The summed E-state index contributed by atoms with van der Waals surface area (Å²) in [7, 11) is 0. The lowest BCUT2D eigenvalue weighted by molar-refractivity contribution is 0.203. The number of allylic oxidation sites excluding steroid dienone is 1. The molecule has 2 atom stereocenters. The van der Waals surface area contributed by atoms with Crippen LogP contribution in [-0.4, -0.2) is 16.2 Å². The molecule has 0 saturated heterocycles. The van der Waals surface area contributed by atoms with Gasteiger partial charge in [-0.15, -0.1) is 0 Å². The number of halogens is 2. The van der Waals surface area contributed by atoms with Gasteiger partial charge in [-0.2, -0.15) is 0 Å². The van der Waals surface area contributed by atoms with Crippen LogP contribution in [0.1, 0.15) is 40.8 Å². The first-order chi connectivity index (χ1) is 15.8. The van der Waals surface area contributed by atoms with Gasteiger partial charge >= 0.3 is 5.63 Å². The van der Waals surface area contributed by atoms with Crippen LogP contribution in [0.3, 0.4) is 0 Å². The number of aryl methyl sites for hydroxylation is 1. The molecule has 1 aliphatic rings. The van der Waals surface area contributed by atoms with Crippen molar-refractivity contribution in [2.45, 2.75) is 32.3 Å². The van der Waals surface area contributed by atoms with Gasteiger partial charge in [-0.3, -0.25) is 4.98 Å². The lowest BCUT2D eigenvalue weighted by atomic mass is 9.74. The highest BCUT2D eigenvalue weighted by atomic mass is 19.1. The van der Waals surface area contributed by atoms with Gasteiger partial charge in [-0.05, 0) is 84.1 Å². The van der Waals surface area contributed by atoms with E-state index in [1.54, 1.807) is 37.4 Å². The molecule has 166 valence electrons. The average molecular weight is 445 g/mol. The summed E-state index contributed by atoms with van der Waals surface area (Å²) in [5, 5.41) is 11.7. The van der Waals surface area contributed by atoms with Gasteiger partial charge in [0.15, 0.2) is 0 Å². The second kappa shape index (κ2) is 8.05. The van der Waals surface area contributed by atoms with Crippen LogP contribution in [0.5, 0.6) is 0 Å². The summed E-state index contributed by atoms with van der Waals surface area (Å²) < 4.78 is 33.7. The van der Waals surface area contributed by atoms with E-state index in [1.165, 1.54) is 30.3 Å². The van der Waals surface area contributed by atoms with Crippen molar-refractivity contribution in [3.05, 3.63) is 116 Å². The van der Waals surface area contributed by atoms with Crippen LogP contribution in [-0.2, 0) is 6.42 Å². The summed E-state index contributed by atoms with van der Waals surface area (Å²) in [4.78, 5) is 17.7. The number of hydrogen-bond donors (Lipinski definition) is 1. The number of aliphatic hydroxyl groups excluding tert-OH is 1. The Morgan fingerprint density at radius 2 is 1.82 bits per heavy atom. The van der Waals surface area contributed by atoms with Gasteiger partial charge in [-0.25, -0.2) is 13.6 Å². The van der Waals surface area contributed by atoms with Crippen molar-refractivity contribution < 1.29 is 18.3 Å². The number of pyridine rings is 1. The van der Waals surface area contributed by atoms with Crippen LogP contribution >= 0.6 is 0 Å². The zero-order valence-corrected chi connectivity index (χ0v) is 18.1. The summed E-state index contributed by atoms with van der Waals surface area (Å²) in [5.74, 6) is -1.58. The molecule has 5 rings (SSSR count). The zero-order chi connectivity index (χ0) is 23.3. The largest absolute Gasteiger partial charge is 0.422 e. The van der Waals surface area contributed by atoms with Crippen LogP contribution in [0.4, 0.5) is 8.78 Å². The minimum Gasteiger partial charge on any atom is -0.422 e. The molecule has 0 bridgehead atoms. The minimum atomic E-state index is -0.919. The number of fused-ring (bicyclic) bond motifs is 2. The molecule has 4 nitrogen and oxygen atoms in total. The van der Waals surface area contributed by atoms with Crippen molar-refractivity contribution in [2.75, 3.05) is 0 Å². The number of rotatable bonds is 3. The summed E-state index contributed by atoms with van der Waals surface area (Å²) in [6.07, 6.45) is 0.966. The molecule has 6 heteroatoms. The Hall–Kier alpha value is -3.64. The van der Waals surface area contributed by atoms with E-state index in [-0.39, 0.29) is 23.4 Å². The van der Waals surface area contributed by atoms with Gasteiger partial charge in [0.1, 0.15) is 17.2 Å². The highest BCUT2D eigenvalue weighted by Gasteiger charge is 2.35. The van der Waals surface area contributed by atoms with Crippen LogP contribution in [0.15, 0.2) is 75.6 Å². The molecule has 0 radical (unpaired) electrons. The fraction of sp³-hybridized carbons (Fsp3) is 0.185. The fourth-order valence-corrected chi connectivity index (χ4v) is 4.89. The number of hydrogen-bond acceptors (Lipinski definition) is 4. The molecule has 0 fully saturated rings. The van der Waals surface area contributed by atoms with Gasteiger partial charge < -0.3 is 9.52 Å². The predicted octanol–water partition coefficient (Wildman–Crippen LogP) is 5.30. The van der Waals surface area contributed by atoms with E-state index in [0.717, 1.165) is 5.56 Å². The van der Waals surface area contributed by atoms with Crippen molar-refractivity contribution in [3.63, 3.8) is 0 Å². The van der Waals surface area contributed by atoms with Gasteiger partial charge in [0.25, 0.3) is 0 Å². The summed E-state index contributed by atoms with van der Waals surface area (Å²) in [6, 6.07) is 13.8. The van der Waals surface area contributed by atoms with E-state index in [1.807, 2.05) is 6.92 Å². The first-order valence-electron chi connectivity index (χ1n) is 10.7. The molecular formula is C27H21F2NO3. The molecule has 1 N–H and O–H groups in total. The maximum Gasteiger partial charge on any atom is 0.340 e. The predicted molar refractivity (Wildman–Crippen MR) is 122 cm³/mol. The number of nitrogens with zero attached hydrogens (tertiary/aromatic N) is 1. The molecule has 0 amide bonds. The van der Waals surface area contributed by atoms with Crippen molar-refractivity contribution in [1.29, 1.82) is 0 Å². The quantitative estimate of drug-likeness (QED) is 0.435. The third-order valence-electron chi connectivity index (χ3n) is 6.44. The molecule has 2 aromatic carbocycles. The molecule has 0 spiro atoms. The van der Waals surface area contributed by atoms with E-state index in [0.29, 0.717) is 33.4 Å². The van der Waals surface area contributed by atoms with Gasteiger partial charge in [0.2, 0.25) is 0 Å². The molecule has 2 unspecified atom stereocenters. The zero-order valence-electron chi connectivity index (χ0n) is 18.1. The lowest BCUT2D eigenvalue weighted by Crippen LogP contribution is -2.29. The maximum atomic E-state index is 14.1. The third-order valence-corrected chi connectivity index (χ3v) is 6.44. The smallest absolute Gasteiger partial charge is 0.340 e. The monoisotopic (exact) mass is 445 g/mol. The van der Waals surface area contributed by atoms with E-state index in [2.05, 4.69) is 4.98 Å². The Balaban J connectivity index is 1.85. The molecule has 2 heterocycles. The molecule has 33 heavy (non-hydrogen) atoms. The maximum absolute atomic E-state index is 14.1. The molecule has 1 aliphatic carbocycles. The Bertz CT molecular complexity index is 1470. The number of benzene rings is 2. The highest BCUT2D eigenvalue weighted by Crippen LogP contribution is 2.42. The van der Waals surface area contributed by atoms with Crippen molar-refractivity contribution >= 4 is 16.5 Å². The summed E-state index contributed by atoms with van der Waals surface area (Å²) >= 11 is 0. The second-order valence-electron chi connectivity index (χ2n) is 8.36. The molecular weight excluding hydrogens is 424 g/mol. The van der Waals surface area contributed by atoms with Crippen LogP contribution in [0, 0.1) is 18.6 Å². The van der Waals surface area contributed by atoms with Gasteiger partial charge in [0, 0.05) is 18.0 Å².